The number of halogens is 2. The van der Waals surface area contributed by atoms with Crippen LogP contribution in [-0.2, 0) is 11.2 Å². The smallest absolute Gasteiger partial charge is 0.247 e. The van der Waals surface area contributed by atoms with Crippen molar-refractivity contribution in [1.29, 1.82) is 0 Å². The van der Waals surface area contributed by atoms with Crippen LogP contribution in [0.15, 0.2) is 36.9 Å². The van der Waals surface area contributed by atoms with Gasteiger partial charge in [0.1, 0.15) is 11.5 Å². The van der Waals surface area contributed by atoms with Gasteiger partial charge < -0.3 is 14.8 Å². The first-order valence-corrected chi connectivity index (χ1v) is 11.1. The van der Waals surface area contributed by atoms with E-state index in [4.69, 9.17) is 32.7 Å². The molecule has 0 saturated heterocycles. The molecule has 1 aliphatic carbocycles. The van der Waals surface area contributed by atoms with Crippen molar-refractivity contribution >= 4 is 46.4 Å². The third kappa shape index (κ3) is 4.24. The number of aromatic amines is 1. The van der Waals surface area contributed by atoms with Crippen LogP contribution in [0.3, 0.4) is 0 Å². The molecule has 2 aromatic carbocycles. The highest BCUT2D eigenvalue weighted by Crippen LogP contribution is 2.47. The van der Waals surface area contributed by atoms with Crippen molar-refractivity contribution in [3.05, 3.63) is 69.3 Å². The van der Waals surface area contributed by atoms with E-state index in [1.807, 2.05) is 31.2 Å². The number of H-pyrrole nitrogens is 1. The van der Waals surface area contributed by atoms with Crippen molar-refractivity contribution in [3.63, 3.8) is 0 Å². The second kappa shape index (κ2) is 9.33. The summed E-state index contributed by atoms with van der Waals surface area (Å²) in [7, 11) is 3.11. The Balaban J connectivity index is 1.80. The zero-order valence-electron chi connectivity index (χ0n) is 18.5. The van der Waals surface area contributed by atoms with Crippen LogP contribution in [0.4, 0.5) is 5.69 Å². The first-order chi connectivity index (χ1) is 15.9. The van der Waals surface area contributed by atoms with Gasteiger partial charge in [-0.05, 0) is 49.1 Å². The number of carbonyl (C=O) groups excluding carboxylic acids is 1. The predicted octanol–water partition coefficient (Wildman–Crippen LogP) is 6.32. The van der Waals surface area contributed by atoms with Crippen LogP contribution < -0.4 is 14.8 Å². The minimum atomic E-state index is -0.273. The van der Waals surface area contributed by atoms with E-state index in [2.05, 4.69) is 22.1 Å². The summed E-state index contributed by atoms with van der Waals surface area (Å²) in [5.41, 5.74) is 6.90. The van der Waals surface area contributed by atoms with Crippen molar-refractivity contribution in [1.82, 2.24) is 10.2 Å². The number of rotatable bonds is 6. The molecule has 170 valence electrons. The molecule has 0 atom stereocenters. The van der Waals surface area contributed by atoms with Crippen molar-refractivity contribution in [2.24, 2.45) is 0 Å². The maximum absolute atomic E-state index is 12.0. The van der Waals surface area contributed by atoms with Crippen molar-refractivity contribution in [2.75, 3.05) is 19.5 Å². The lowest BCUT2D eigenvalue weighted by Gasteiger charge is -2.20. The Bertz CT molecular complexity index is 1270. The standard InChI is InChI=1S/C25H23Cl2N3O3/c1-5-21(31)28-17-10-13(2)6-8-15(17)25-16-9-7-14(11-18(16)29-30-25)22-23(26)19(32-3)12-20(33-4)24(22)27/h5-6,8,10-12H,1,7,9H2,2-4H3,(H,28,31)(H,29,30). The van der Waals surface area contributed by atoms with Crippen LogP contribution in [0.2, 0.25) is 10.0 Å². The number of amides is 1. The molecule has 1 aromatic heterocycles. The van der Waals surface area contributed by atoms with E-state index in [1.165, 1.54) is 6.08 Å². The molecule has 3 aromatic rings. The Morgan fingerprint density at radius 3 is 2.48 bits per heavy atom. The Kier molecular flexibility index (Phi) is 6.49. The lowest BCUT2D eigenvalue weighted by molar-refractivity contribution is -0.111. The van der Waals surface area contributed by atoms with Crippen molar-refractivity contribution < 1.29 is 14.3 Å². The number of methoxy groups -OCH3 is 2. The molecule has 0 radical (unpaired) electrons. The molecule has 1 amide bonds. The van der Waals surface area contributed by atoms with Crippen LogP contribution in [0.5, 0.6) is 11.5 Å². The summed E-state index contributed by atoms with van der Waals surface area (Å²) in [6.07, 6.45) is 4.64. The quantitative estimate of drug-likeness (QED) is 0.402. The Labute approximate surface area is 202 Å². The van der Waals surface area contributed by atoms with Gasteiger partial charge in [0, 0.05) is 22.8 Å². The molecule has 8 heteroatoms. The number of aromatic nitrogens is 2. The molecule has 6 nitrogen and oxygen atoms in total. The second-order valence-corrected chi connectivity index (χ2v) is 8.42. The number of benzene rings is 2. The molecule has 1 heterocycles. The SMILES string of the molecule is C=CC(=O)Nc1cc(C)ccc1-c1n[nH]c2c1CCC(c1c(Cl)c(OC)cc(OC)c1Cl)=C2. The average Bonchev–Trinajstić information content (AvgIpc) is 3.22. The minimum absolute atomic E-state index is 0.273. The number of hydrogen-bond acceptors (Lipinski definition) is 4. The summed E-state index contributed by atoms with van der Waals surface area (Å²) in [6.45, 7) is 5.51. The molecular weight excluding hydrogens is 461 g/mol. The van der Waals surface area contributed by atoms with Crippen molar-refractivity contribution in [2.45, 2.75) is 19.8 Å². The molecule has 0 saturated carbocycles. The summed E-state index contributed by atoms with van der Waals surface area (Å²) < 4.78 is 10.8. The maximum atomic E-state index is 12.0. The maximum Gasteiger partial charge on any atom is 0.247 e. The monoisotopic (exact) mass is 483 g/mol. The van der Waals surface area contributed by atoms with Gasteiger partial charge in [0.25, 0.3) is 0 Å². The topological polar surface area (TPSA) is 76.2 Å². The Morgan fingerprint density at radius 2 is 1.85 bits per heavy atom. The van der Waals surface area contributed by atoms with E-state index in [9.17, 15) is 4.79 Å². The zero-order valence-corrected chi connectivity index (χ0v) is 20.0. The summed E-state index contributed by atoms with van der Waals surface area (Å²) in [6, 6.07) is 7.55. The van der Waals surface area contributed by atoms with Gasteiger partial charge >= 0.3 is 0 Å². The molecule has 33 heavy (non-hydrogen) atoms. The minimum Gasteiger partial charge on any atom is -0.495 e. The first kappa shape index (κ1) is 23.0. The highest BCUT2D eigenvalue weighted by molar-refractivity contribution is 6.39. The van der Waals surface area contributed by atoms with Crippen molar-refractivity contribution in [3.8, 4) is 22.8 Å². The lowest BCUT2D eigenvalue weighted by Crippen LogP contribution is -2.09. The Hall–Kier alpha value is -3.22. The van der Waals surface area contributed by atoms with E-state index in [1.54, 1.807) is 20.3 Å². The normalized spacial score (nSPS) is 12.6. The van der Waals surface area contributed by atoms with Gasteiger partial charge in [0.15, 0.2) is 0 Å². The number of nitrogens with zero attached hydrogens (tertiary/aromatic N) is 1. The summed E-state index contributed by atoms with van der Waals surface area (Å²) >= 11 is 13.2. The number of carbonyl (C=O) groups is 1. The molecule has 0 fully saturated rings. The predicted molar refractivity (Wildman–Crippen MR) is 133 cm³/mol. The van der Waals surface area contributed by atoms with E-state index in [0.29, 0.717) is 45.6 Å². The summed E-state index contributed by atoms with van der Waals surface area (Å²) in [5.74, 6) is 0.712. The molecule has 4 rings (SSSR count). The average molecular weight is 484 g/mol. The van der Waals surface area contributed by atoms with Gasteiger partial charge in [-0.1, -0.05) is 41.9 Å². The fraction of sp³-hybridized carbons (Fsp3) is 0.200. The fourth-order valence-electron chi connectivity index (χ4n) is 4.00. The number of aryl methyl sites for hydroxylation is 1. The van der Waals surface area contributed by atoms with Gasteiger partial charge in [-0.15, -0.1) is 0 Å². The van der Waals surface area contributed by atoms with Crippen LogP contribution in [0.25, 0.3) is 22.9 Å². The second-order valence-electron chi connectivity index (χ2n) is 7.66. The largest absolute Gasteiger partial charge is 0.495 e. The molecule has 0 aliphatic heterocycles. The van der Waals surface area contributed by atoms with E-state index >= 15 is 0 Å². The fourth-order valence-corrected chi connectivity index (χ4v) is 4.74. The molecule has 0 unspecified atom stereocenters. The van der Waals surface area contributed by atoms with Gasteiger partial charge in [-0.25, -0.2) is 0 Å². The zero-order chi connectivity index (χ0) is 23.7. The number of nitrogens with one attached hydrogen (secondary N) is 2. The summed E-state index contributed by atoms with van der Waals surface area (Å²) in [4.78, 5) is 12.0. The molecule has 1 aliphatic rings. The van der Waals surface area contributed by atoms with E-state index < -0.39 is 0 Å². The van der Waals surface area contributed by atoms with Crippen LogP contribution >= 0.6 is 23.2 Å². The van der Waals surface area contributed by atoms with Gasteiger partial charge in [-0.3, -0.25) is 9.89 Å². The molecule has 0 spiro atoms. The van der Waals surface area contributed by atoms with Gasteiger partial charge in [0.05, 0.1) is 41.3 Å². The number of allylic oxidation sites excluding steroid dienone is 1. The van der Waals surface area contributed by atoms with Crippen LogP contribution in [0.1, 0.15) is 28.8 Å². The van der Waals surface area contributed by atoms with Gasteiger partial charge in [0.2, 0.25) is 5.91 Å². The van der Waals surface area contributed by atoms with Gasteiger partial charge in [-0.2, -0.15) is 5.10 Å². The summed E-state index contributed by atoms with van der Waals surface area (Å²) in [5, 5.41) is 11.4. The first-order valence-electron chi connectivity index (χ1n) is 10.3. The molecular formula is C25H23Cl2N3O3. The number of anilines is 1. The third-order valence-electron chi connectivity index (χ3n) is 5.63. The van der Waals surface area contributed by atoms with E-state index in [0.717, 1.165) is 33.7 Å². The number of fused-ring (bicyclic) bond motifs is 1. The Morgan fingerprint density at radius 1 is 1.15 bits per heavy atom. The molecule has 2 N–H and O–H groups in total. The third-order valence-corrected chi connectivity index (χ3v) is 6.38. The highest BCUT2D eigenvalue weighted by Gasteiger charge is 2.25. The van der Waals surface area contributed by atoms with E-state index in [-0.39, 0.29) is 5.91 Å². The number of ether oxygens (including phenoxy) is 2. The molecule has 0 bridgehead atoms. The van der Waals surface area contributed by atoms with Crippen LogP contribution in [0, 0.1) is 6.92 Å². The number of hydrogen-bond donors (Lipinski definition) is 2. The lowest BCUT2D eigenvalue weighted by atomic mass is 9.89. The van der Waals surface area contributed by atoms with Crippen LogP contribution in [-0.4, -0.2) is 30.3 Å². The highest BCUT2D eigenvalue weighted by atomic mass is 35.5.